The minimum atomic E-state index is -0.504. The maximum absolute atomic E-state index is 12.3. The zero-order valence-electron chi connectivity index (χ0n) is 15.4. The third-order valence-electron chi connectivity index (χ3n) is 4.60. The van der Waals surface area contributed by atoms with Gasteiger partial charge in [0.25, 0.3) is 0 Å². The Hall–Kier alpha value is -2.48. The van der Waals surface area contributed by atoms with Crippen molar-refractivity contribution in [2.75, 3.05) is 5.84 Å². The SMILES string of the molecule is CC(Sc1nc(-c2ccccc2)cn1N)C(=O)NC(=O)NC1CCCCC1. The average Bonchev–Trinajstić information content (AvgIpc) is 3.03. The Labute approximate surface area is 163 Å². The Kier molecular flexibility index (Phi) is 6.39. The Bertz CT molecular complexity index is 787. The molecule has 1 aliphatic rings. The molecule has 1 heterocycles. The number of carbonyl (C=O) groups is 2. The molecule has 7 nitrogen and oxygen atoms in total. The molecule has 0 spiro atoms. The highest BCUT2D eigenvalue weighted by molar-refractivity contribution is 8.00. The van der Waals surface area contributed by atoms with E-state index in [0.717, 1.165) is 36.9 Å². The summed E-state index contributed by atoms with van der Waals surface area (Å²) < 4.78 is 1.40. The molecule has 1 aliphatic carbocycles. The normalized spacial score (nSPS) is 15.9. The lowest BCUT2D eigenvalue weighted by molar-refractivity contribution is -0.119. The number of thioether (sulfide) groups is 1. The number of nitrogens with two attached hydrogens (primary N) is 1. The molecular weight excluding hydrogens is 362 g/mol. The fourth-order valence-corrected chi connectivity index (χ4v) is 3.91. The molecule has 3 amide bonds. The van der Waals surface area contributed by atoms with E-state index >= 15 is 0 Å². The van der Waals surface area contributed by atoms with E-state index in [4.69, 9.17) is 5.84 Å². The van der Waals surface area contributed by atoms with Crippen molar-refractivity contribution < 1.29 is 9.59 Å². The average molecular weight is 388 g/mol. The highest BCUT2D eigenvalue weighted by atomic mass is 32.2. The molecule has 144 valence electrons. The molecule has 0 radical (unpaired) electrons. The van der Waals surface area contributed by atoms with E-state index in [2.05, 4.69) is 15.6 Å². The van der Waals surface area contributed by atoms with Gasteiger partial charge in [-0.2, -0.15) is 0 Å². The molecule has 0 bridgehead atoms. The van der Waals surface area contributed by atoms with Crippen molar-refractivity contribution in [3.05, 3.63) is 36.5 Å². The van der Waals surface area contributed by atoms with Gasteiger partial charge in [-0.3, -0.25) is 10.1 Å². The Morgan fingerprint density at radius 1 is 1.22 bits per heavy atom. The van der Waals surface area contributed by atoms with Crippen LogP contribution in [-0.2, 0) is 4.79 Å². The first-order chi connectivity index (χ1) is 13.0. The predicted octanol–water partition coefficient (Wildman–Crippen LogP) is 2.90. The lowest BCUT2D eigenvalue weighted by Gasteiger charge is -2.23. The van der Waals surface area contributed by atoms with Crippen LogP contribution in [0.4, 0.5) is 4.79 Å². The van der Waals surface area contributed by atoms with Crippen molar-refractivity contribution in [3.8, 4) is 11.3 Å². The van der Waals surface area contributed by atoms with E-state index in [0.29, 0.717) is 5.16 Å². The van der Waals surface area contributed by atoms with Crippen molar-refractivity contribution in [1.82, 2.24) is 20.3 Å². The van der Waals surface area contributed by atoms with Crippen molar-refractivity contribution in [3.63, 3.8) is 0 Å². The molecule has 1 fully saturated rings. The number of imidazole rings is 1. The molecule has 0 saturated heterocycles. The van der Waals surface area contributed by atoms with Gasteiger partial charge in [0.05, 0.1) is 17.1 Å². The number of benzene rings is 1. The van der Waals surface area contributed by atoms with Gasteiger partial charge in [-0.05, 0) is 19.8 Å². The number of imide groups is 1. The second-order valence-corrected chi connectivity index (χ2v) is 8.05. The summed E-state index contributed by atoms with van der Waals surface area (Å²) in [5.74, 6) is 5.61. The summed E-state index contributed by atoms with van der Waals surface area (Å²) in [6, 6.07) is 9.41. The van der Waals surface area contributed by atoms with Crippen LogP contribution in [-0.4, -0.2) is 32.9 Å². The van der Waals surface area contributed by atoms with Gasteiger partial charge >= 0.3 is 6.03 Å². The van der Waals surface area contributed by atoms with Gasteiger partial charge in [-0.1, -0.05) is 61.4 Å². The van der Waals surface area contributed by atoms with E-state index in [1.165, 1.54) is 22.9 Å². The summed E-state index contributed by atoms with van der Waals surface area (Å²) in [7, 11) is 0. The van der Waals surface area contributed by atoms with Gasteiger partial charge < -0.3 is 11.2 Å². The monoisotopic (exact) mass is 387 g/mol. The third kappa shape index (κ3) is 5.26. The Morgan fingerprint density at radius 2 is 1.93 bits per heavy atom. The fraction of sp³-hybridized carbons (Fsp3) is 0.421. The topological polar surface area (TPSA) is 102 Å². The molecule has 1 atom stereocenters. The summed E-state index contributed by atoms with van der Waals surface area (Å²) >= 11 is 1.22. The molecule has 1 unspecified atom stereocenters. The number of nitrogens with zero attached hydrogens (tertiary/aromatic N) is 2. The van der Waals surface area contributed by atoms with Crippen LogP contribution >= 0.6 is 11.8 Å². The van der Waals surface area contributed by atoms with E-state index in [-0.39, 0.29) is 11.9 Å². The van der Waals surface area contributed by atoms with E-state index in [9.17, 15) is 9.59 Å². The van der Waals surface area contributed by atoms with Gasteiger partial charge in [-0.15, -0.1) is 0 Å². The lowest BCUT2D eigenvalue weighted by Crippen LogP contribution is -2.47. The summed E-state index contributed by atoms with van der Waals surface area (Å²) in [5, 5.41) is 5.31. The quantitative estimate of drug-likeness (QED) is 0.541. The minimum absolute atomic E-state index is 0.158. The minimum Gasteiger partial charge on any atom is -0.337 e. The van der Waals surface area contributed by atoms with Crippen LogP contribution < -0.4 is 16.5 Å². The molecule has 8 heteroatoms. The predicted molar refractivity (Wildman–Crippen MR) is 107 cm³/mol. The highest BCUT2D eigenvalue weighted by Crippen LogP contribution is 2.25. The molecule has 4 N–H and O–H groups in total. The number of nitrogen functional groups attached to an aromatic ring is 1. The first-order valence-electron chi connectivity index (χ1n) is 9.21. The highest BCUT2D eigenvalue weighted by Gasteiger charge is 2.22. The second-order valence-electron chi connectivity index (χ2n) is 6.74. The number of hydrogen-bond acceptors (Lipinski definition) is 5. The van der Waals surface area contributed by atoms with Crippen LogP contribution in [0, 0.1) is 0 Å². The Balaban J connectivity index is 1.55. The number of rotatable bonds is 5. The van der Waals surface area contributed by atoms with Gasteiger partial charge in [0.15, 0.2) is 5.16 Å². The van der Waals surface area contributed by atoms with Gasteiger partial charge in [0.1, 0.15) is 0 Å². The second kappa shape index (κ2) is 8.94. The molecule has 1 saturated carbocycles. The summed E-state index contributed by atoms with van der Waals surface area (Å²) in [4.78, 5) is 28.8. The van der Waals surface area contributed by atoms with E-state index in [1.807, 2.05) is 30.3 Å². The number of hydrogen-bond donors (Lipinski definition) is 3. The zero-order chi connectivity index (χ0) is 19.2. The number of carbonyl (C=O) groups excluding carboxylic acids is 2. The Morgan fingerprint density at radius 3 is 2.63 bits per heavy atom. The van der Waals surface area contributed by atoms with Crippen LogP contribution in [0.15, 0.2) is 41.7 Å². The molecule has 1 aromatic heterocycles. The smallest absolute Gasteiger partial charge is 0.321 e. The molecule has 27 heavy (non-hydrogen) atoms. The molecular formula is C19H25N5O2S. The van der Waals surface area contributed by atoms with Gasteiger partial charge in [-0.25, -0.2) is 14.5 Å². The van der Waals surface area contributed by atoms with Crippen LogP contribution in [0.25, 0.3) is 11.3 Å². The standard InChI is InChI=1S/C19H25N5O2S/c1-13(17(25)23-18(26)21-15-10-6-3-7-11-15)27-19-22-16(12-24(19)20)14-8-4-2-5-9-14/h2,4-5,8-9,12-13,15H,3,6-7,10-11,20H2,1H3,(H2,21,23,25,26). The van der Waals surface area contributed by atoms with Crippen molar-refractivity contribution in [1.29, 1.82) is 0 Å². The largest absolute Gasteiger partial charge is 0.337 e. The third-order valence-corrected chi connectivity index (χ3v) is 5.68. The van der Waals surface area contributed by atoms with Crippen molar-refractivity contribution in [2.45, 2.75) is 55.5 Å². The number of urea groups is 1. The summed E-state index contributed by atoms with van der Waals surface area (Å²) in [5.41, 5.74) is 1.69. The first kappa shape index (κ1) is 19.3. The van der Waals surface area contributed by atoms with Crippen molar-refractivity contribution >= 4 is 23.7 Å². The van der Waals surface area contributed by atoms with Crippen molar-refractivity contribution in [2.24, 2.45) is 0 Å². The van der Waals surface area contributed by atoms with E-state index in [1.54, 1.807) is 13.1 Å². The summed E-state index contributed by atoms with van der Waals surface area (Å²) in [6.07, 6.45) is 7.11. The first-order valence-corrected chi connectivity index (χ1v) is 10.1. The maximum atomic E-state index is 12.3. The van der Waals surface area contributed by atoms with Crippen LogP contribution in [0.1, 0.15) is 39.0 Å². The molecule has 3 rings (SSSR count). The zero-order valence-corrected chi connectivity index (χ0v) is 16.2. The van der Waals surface area contributed by atoms with E-state index < -0.39 is 11.3 Å². The van der Waals surface area contributed by atoms with Crippen LogP contribution in [0.2, 0.25) is 0 Å². The number of amides is 3. The van der Waals surface area contributed by atoms with Crippen LogP contribution in [0.3, 0.4) is 0 Å². The molecule has 2 aromatic rings. The van der Waals surface area contributed by atoms with Gasteiger partial charge in [0.2, 0.25) is 5.91 Å². The lowest BCUT2D eigenvalue weighted by atomic mass is 9.96. The van der Waals surface area contributed by atoms with Gasteiger partial charge in [0, 0.05) is 11.6 Å². The summed E-state index contributed by atoms with van der Waals surface area (Å²) in [6.45, 7) is 1.73. The molecule has 1 aromatic carbocycles. The molecule has 0 aliphatic heterocycles. The maximum Gasteiger partial charge on any atom is 0.321 e. The number of aromatic nitrogens is 2. The fourth-order valence-electron chi connectivity index (χ4n) is 3.11. The number of nitrogens with one attached hydrogen (secondary N) is 2. The van der Waals surface area contributed by atoms with Crippen LogP contribution in [0.5, 0.6) is 0 Å².